The van der Waals surface area contributed by atoms with Crippen LogP contribution >= 0.6 is 0 Å². The van der Waals surface area contributed by atoms with Gasteiger partial charge in [0.05, 0.1) is 6.54 Å². The van der Waals surface area contributed by atoms with E-state index >= 15 is 0 Å². The lowest BCUT2D eigenvalue weighted by Gasteiger charge is -2.30. The second-order valence-corrected chi connectivity index (χ2v) is 4.28. The SMILES string of the molecule is CC(=O)Cc1ccccc1N1CCNC(=O)C1. The number of nitrogens with one attached hydrogen (secondary N) is 1. The highest BCUT2D eigenvalue weighted by atomic mass is 16.2. The fraction of sp³-hybridized carbons (Fsp3) is 0.385. The van der Waals surface area contributed by atoms with Crippen LogP contribution in [0.1, 0.15) is 12.5 Å². The minimum absolute atomic E-state index is 0.0360. The van der Waals surface area contributed by atoms with Gasteiger partial charge in [-0.1, -0.05) is 18.2 Å². The number of anilines is 1. The smallest absolute Gasteiger partial charge is 0.239 e. The summed E-state index contributed by atoms with van der Waals surface area (Å²) in [6.07, 6.45) is 0.425. The molecule has 0 saturated carbocycles. The van der Waals surface area contributed by atoms with Crippen molar-refractivity contribution in [2.45, 2.75) is 13.3 Å². The number of benzene rings is 1. The Bertz CT molecular complexity index is 443. The van der Waals surface area contributed by atoms with E-state index in [-0.39, 0.29) is 11.7 Å². The molecule has 1 aliphatic rings. The van der Waals surface area contributed by atoms with E-state index in [9.17, 15) is 9.59 Å². The maximum atomic E-state index is 11.4. The molecule has 0 aromatic heterocycles. The lowest BCUT2D eigenvalue weighted by molar-refractivity contribution is -0.120. The molecule has 0 unspecified atom stereocenters. The average Bonchev–Trinajstić information content (AvgIpc) is 2.29. The summed E-state index contributed by atoms with van der Waals surface area (Å²) in [5.41, 5.74) is 1.99. The normalized spacial score (nSPS) is 15.6. The molecular formula is C13H16N2O2. The number of nitrogens with zero attached hydrogens (tertiary/aromatic N) is 1. The van der Waals surface area contributed by atoms with Gasteiger partial charge in [-0.25, -0.2) is 0 Å². The highest BCUT2D eigenvalue weighted by Crippen LogP contribution is 2.21. The molecule has 17 heavy (non-hydrogen) atoms. The standard InChI is InChI=1S/C13H16N2O2/c1-10(16)8-11-4-2-3-5-12(11)15-7-6-14-13(17)9-15/h2-5H,6-9H2,1H3,(H,14,17). The van der Waals surface area contributed by atoms with Crippen LogP contribution in [0, 0.1) is 0 Å². The monoisotopic (exact) mass is 232 g/mol. The van der Waals surface area contributed by atoms with Gasteiger partial charge in [0.15, 0.2) is 0 Å². The molecular weight excluding hydrogens is 216 g/mol. The molecule has 0 radical (unpaired) electrons. The van der Waals surface area contributed by atoms with Gasteiger partial charge >= 0.3 is 0 Å². The number of piperazine rings is 1. The van der Waals surface area contributed by atoms with Gasteiger partial charge in [-0.15, -0.1) is 0 Å². The highest BCUT2D eigenvalue weighted by Gasteiger charge is 2.18. The average molecular weight is 232 g/mol. The molecule has 1 aromatic rings. The molecule has 2 rings (SSSR count). The van der Waals surface area contributed by atoms with E-state index in [1.54, 1.807) is 6.92 Å². The minimum atomic E-state index is 0.0360. The van der Waals surface area contributed by atoms with Crippen LogP contribution in [0.25, 0.3) is 0 Å². The fourth-order valence-corrected chi connectivity index (χ4v) is 2.08. The molecule has 1 aliphatic heterocycles. The topological polar surface area (TPSA) is 49.4 Å². The van der Waals surface area contributed by atoms with Gasteiger partial charge in [0.1, 0.15) is 5.78 Å². The zero-order valence-electron chi connectivity index (χ0n) is 9.90. The largest absolute Gasteiger partial charge is 0.360 e. The molecule has 90 valence electrons. The van der Waals surface area contributed by atoms with Crippen LogP contribution in [-0.2, 0) is 16.0 Å². The van der Waals surface area contributed by atoms with Crippen molar-refractivity contribution >= 4 is 17.4 Å². The van der Waals surface area contributed by atoms with Crippen LogP contribution in [0.5, 0.6) is 0 Å². The number of hydrogen-bond acceptors (Lipinski definition) is 3. The van der Waals surface area contributed by atoms with E-state index in [1.165, 1.54) is 0 Å². The minimum Gasteiger partial charge on any atom is -0.360 e. The summed E-state index contributed by atoms with van der Waals surface area (Å²) in [6, 6.07) is 7.78. The van der Waals surface area contributed by atoms with Crippen molar-refractivity contribution in [3.05, 3.63) is 29.8 Å². The Labute approximate surface area is 101 Å². The Balaban J connectivity index is 2.24. The quantitative estimate of drug-likeness (QED) is 0.836. The Kier molecular flexibility index (Phi) is 3.42. The van der Waals surface area contributed by atoms with Crippen molar-refractivity contribution in [3.8, 4) is 0 Å². The van der Waals surface area contributed by atoms with E-state index in [1.807, 2.05) is 29.2 Å². The molecule has 1 N–H and O–H groups in total. The van der Waals surface area contributed by atoms with Crippen LogP contribution < -0.4 is 10.2 Å². The first-order valence-corrected chi connectivity index (χ1v) is 5.76. The number of carbonyl (C=O) groups excluding carboxylic acids is 2. The van der Waals surface area contributed by atoms with Gasteiger partial charge in [-0.05, 0) is 18.6 Å². The van der Waals surface area contributed by atoms with Gasteiger partial charge in [0, 0.05) is 25.2 Å². The van der Waals surface area contributed by atoms with Crippen LogP contribution in [0.2, 0.25) is 0 Å². The highest BCUT2D eigenvalue weighted by molar-refractivity contribution is 5.84. The Morgan fingerprint density at radius 3 is 2.88 bits per heavy atom. The summed E-state index contributed by atoms with van der Waals surface area (Å²) in [5, 5.41) is 2.79. The van der Waals surface area contributed by atoms with Crippen molar-refractivity contribution in [1.82, 2.24) is 5.32 Å². The second-order valence-electron chi connectivity index (χ2n) is 4.28. The maximum absolute atomic E-state index is 11.4. The first-order valence-electron chi connectivity index (χ1n) is 5.76. The molecule has 0 spiro atoms. The number of ketones is 1. The maximum Gasteiger partial charge on any atom is 0.239 e. The van der Waals surface area contributed by atoms with Crippen molar-refractivity contribution < 1.29 is 9.59 Å². The van der Waals surface area contributed by atoms with Crippen molar-refractivity contribution in [2.24, 2.45) is 0 Å². The van der Waals surface area contributed by atoms with Crippen LogP contribution in [0.3, 0.4) is 0 Å². The second kappa shape index (κ2) is 4.99. The lowest BCUT2D eigenvalue weighted by Crippen LogP contribution is -2.48. The molecule has 1 heterocycles. The molecule has 0 aliphatic carbocycles. The summed E-state index contributed by atoms with van der Waals surface area (Å²) in [5.74, 6) is 0.174. The Morgan fingerprint density at radius 1 is 1.41 bits per heavy atom. The fourth-order valence-electron chi connectivity index (χ4n) is 2.08. The molecule has 0 atom stereocenters. The zero-order chi connectivity index (χ0) is 12.3. The number of Topliss-reactive ketones (excluding diaryl/α,β-unsaturated/α-hetero) is 1. The third-order valence-corrected chi connectivity index (χ3v) is 2.81. The number of carbonyl (C=O) groups is 2. The Morgan fingerprint density at radius 2 is 2.18 bits per heavy atom. The van der Waals surface area contributed by atoms with Gasteiger partial charge in [-0.3, -0.25) is 9.59 Å². The van der Waals surface area contributed by atoms with Crippen LogP contribution in [0.4, 0.5) is 5.69 Å². The van der Waals surface area contributed by atoms with Crippen LogP contribution in [-0.4, -0.2) is 31.3 Å². The first kappa shape index (κ1) is 11.6. The molecule has 1 fully saturated rings. The van der Waals surface area contributed by atoms with Gasteiger partial charge in [0.25, 0.3) is 0 Å². The van der Waals surface area contributed by atoms with Crippen molar-refractivity contribution in [1.29, 1.82) is 0 Å². The summed E-state index contributed by atoms with van der Waals surface area (Å²) < 4.78 is 0. The first-order chi connectivity index (χ1) is 8.16. The van der Waals surface area contributed by atoms with E-state index in [2.05, 4.69) is 5.32 Å². The van der Waals surface area contributed by atoms with Gasteiger partial charge < -0.3 is 10.2 Å². The molecule has 4 heteroatoms. The summed E-state index contributed by atoms with van der Waals surface area (Å²) in [6.45, 7) is 3.41. The number of para-hydroxylation sites is 1. The number of amides is 1. The van der Waals surface area contributed by atoms with E-state index < -0.39 is 0 Å². The molecule has 1 amide bonds. The van der Waals surface area contributed by atoms with Crippen molar-refractivity contribution in [3.63, 3.8) is 0 Å². The van der Waals surface area contributed by atoms with Gasteiger partial charge in [-0.2, -0.15) is 0 Å². The Hall–Kier alpha value is -1.84. The molecule has 0 bridgehead atoms. The van der Waals surface area contributed by atoms with Crippen molar-refractivity contribution in [2.75, 3.05) is 24.5 Å². The number of hydrogen-bond donors (Lipinski definition) is 1. The predicted molar refractivity (Wildman–Crippen MR) is 66.0 cm³/mol. The summed E-state index contributed by atoms with van der Waals surface area (Å²) in [4.78, 5) is 24.6. The predicted octanol–water partition coefficient (Wildman–Crippen LogP) is 0.754. The summed E-state index contributed by atoms with van der Waals surface area (Å²) >= 11 is 0. The third kappa shape index (κ3) is 2.84. The molecule has 1 saturated heterocycles. The van der Waals surface area contributed by atoms with Crippen LogP contribution in [0.15, 0.2) is 24.3 Å². The third-order valence-electron chi connectivity index (χ3n) is 2.81. The molecule has 4 nitrogen and oxygen atoms in total. The van der Waals surface area contributed by atoms with E-state index in [0.717, 1.165) is 17.8 Å². The molecule has 1 aromatic carbocycles. The van der Waals surface area contributed by atoms with E-state index in [4.69, 9.17) is 0 Å². The number of rotatable bonds is 3. The van der Waals surface area contributed by atoms with Gasteiger partial charge in [0.2, 0.25) is 5.91 Å². The zero-order valence-corrected chi connectivity index (χ0v) is 9.90. The lowest BCUT2D eigenvalue weighted by atomic mass is 10.1. The van der Waals surface area contributed by atoms with E-state index in [0.29, 0.717) is 19.5 Å². The summed E-state index contributed by atoms with van der Waals surface area (Å²) in [7, 11) is 0.